The highest BCUT2D eigenvalue weighted by Gasteiger charge is 2.14. The minimum atomic E-state index is -0.0312. The molecule has 0 spiro atoms. The van der Waals surface area contributed by atoms with Crippen molar-refractivity contribution in [3.05, 3.63) is 35.9 Å². The van der Waals surface area contributed by atoms with Crippen molar-refractivity contribution >= 4 is 0 Å². The molecule has 1 atom stereocenters. The van der Waals surface area contributed by atoms with Gasteiger partial charge in [-0.3, -0.25) is 4.90 Å². The smallest absolute Gasteiger partial charge is 0.0835 e. The summed E-state index contributed by atoms with van der Waals surface area (Å²) >= 11 is 0. The van der Waals surface area contributed by atoms with Crippen LogP contribution >= 0.6 is 0 Å². The third kappa shape index (κ3) is 3.93. The van der Waals surface area contributed by atoms with Crippen molar-refractivity contribution in [1.29, 1.82) is 0 Å². The minimum absolute atomic E-state index is 0.0312. The zero-order valence-corrected chi connectivity index (χ0v) is 10.1. The molecule has 1 rings (SSSR count). The van der Waals surface area contributed by atoms with Crippen molar-refractivity contribution in [2.24, 2.45) is 11.5 Å². The summed E-state index contributed by atoms with van der Waals surface area (Å²) in [5, 5.41) is 0. The summed E-state index contributed by atoms with van der Waals surface area (Å²) in [5.74, 6) is 0. The second kappa shape index (κ2) is 7.39. The fourth-order valence-corrected chi connectivity index (χ4v) is 1.78. The first-order valence-corrected chi connectivity index (χ1v) is 6.04. The van der Waals surface area contributed by atoms with Crippen LogP contribution in [0.5, 0.6) is 0 Å². The van der Waals surface area contributed by atoms with Crippen molar-refractivity contribution in [3.63, 3.8) is 0 Å². The molecule has 1 unspecified atom stereocenters. The summed E-state index contributed by atoms with van der Waals surface area (Å²) in [5.41, 5.74) is 13.0. The van der Waals surface area contributed by atoms with Gasteiger partial charge in [0.25, 0.3) is 0 Å². The molecule has 0 saturated carbocycles. The first-order chi connectivity index (χ1) is 7.79. The highest BCUT2D eigenvalue weighted by molar-refractivity contribution is 5.17. The number of unbranched alkanes of at least 4 members (excludes halogenated alkanes) is 1. The Kier molecular flexibility index (Phi) is 6.08. The second-order valence-electron chi connectivity index (χ2n) is 4.03. The van der Waals surface area contributed by atoms with E-state index in [4.69, 9.17) is 11.5 Å². The maximum Gasteiger partial charge on any atom is 0.0835 e. The molecule has 0 bridgehead atoms. The van der Waals surface area contributed by atoms with Crippen molar-refractivity contribution in [3.8, 4) is 0 Å². The van der Waals surface area contributed by atoms with Crippen LogP contribution in [0.15, 0.2) is 30.3 Å². The molecule has 0 fully saturated rings. The fraction of sp³-hybridized carbons (Fsp3) is 0.538. The average molecular weight is 221 g/mol. The van der Waals surface area contributed by atoms with Gasteiger partial charge < -0.3 is 11.5 Å². The summed E-state index contributed by atoms with van der Waals surface area (Å²) in [6.45, 7) is 4.72. The van der Waals surface area contributed by atoms with Gasteiger partial charge in [0.2, 0.25) is 0 Å². The van der Waals surface area contributed by atoms with Crippen LogP contribution in [-0.2, 0) is 0 Å². The Morgan fingerprint density at radius 3 is 2.44 bits per heavy atom. The third-order valence-corrected chi connectivity index (χ3v) is 2.75. The van der Waals surface area contributed by atoms with Crippen LogP contribution in [0.2, 0.25) is 0 Å². The summed E-state index contributed by atoms with van der Waals surface area (Å²) in [6.07, 6.45) is 2.32. The first-order valence-electron chi connectivity index (χ1n) is 6.04. The number of rotatable bonds is 7. The SMILES string of the molecule is CCCCN(CCN)C(N)c1ccccc1. The predicted molar refractivity (Wildman–Crippen MR) is 68.9 cm³/mol. The maximum absolute atomic E-state index is 6.24. The normalized spacial score (nSPS) is 13.0. The van der Waals surface area contributed by atoms with E-state index in [-0.39, 0.29) is 6.17 Å². The van der Waals surface area contributed by atoms with Crippen LogP contribution in [0, 0.1) is 0 Å². The summed E-state index contributed by atoms with van der Waals surface area (Å²) in [6, 6.07) is 10.2. The van der Waals surface area contributed by atoms with E-state index < -0.39 is 0 Å². The standard InChI is InChI=1S/C13H23N3/c1-2-3-10-16(11-9-14)13(15)12-7-5-4-6-8-12/h4-8,13H,2-3,9-11,14-15H2,1H3. The highest BCUT2D eigenvalue weighted by atomic mass is 15.2. The van der Waals surface area contributed by atoms with Crippen LogP contribution in [0.1, 0.15) is 31.5 Å². The molecule has 90 valence electrons. The van der Waals surface area contributed by atoms with Crippen LogP contribution in [0.4, 0.5) is 0 Å². The van der Waals surface area contributed by atoms with Crippen molar-refractivity contribution < 1.29 is 0 Å². The van der Waals surface area contributed by atoms with Crippen LogP contribution < -0.4 is 11.5 Å². The molecule has 1 aromatic rings. The van der Waals surface area contributed by atoms with Crippen molar-refractivity contribution in [1.82, 2.24) is 4.90 Å². The van der Waals surface area contributed by atoms with E-state index in [1.807, 2.05) is 18.2 Å². The molecule has 1 aromatic carbocycles. The van der Waals surface area contributed by atoms with Crippen molar-refractivity contribution in [2.45, 2.75) is 25.9 Å². The lowest BCUT2D eigenvalue weighted by Gasteiger charge is -2.28. The molecule has 3 heteroatoms. The van der Waals surface area contributed by atoms with Crippen LogP contribution in [-0.4, -0.2) is 24.5 Å². The molecule has 0 saturated heterocycles. The molecular weight excluding hydrogens is 198 g/mol. The van der Waals surface area contributed by atoms with Gasteiger partial charge in [-0.15, -0.1) is 0 Å². The predicted octanol–water partition coefficient (Wildman–Crippen LogP) is 1.70. The number of benzene rings is 1. The van der Waals surface area contributed by atoms with Gasteiger partial charge >= 0.3 is 0 Å². The molecule has 16 heavy (non-hydrogen) atoms. The van der Waals surface area contributed by atoms with Gasteiger partial charge in [-0.25, -0.2) is 0 Å². The Balaban J connectivity index is 2.62. The molecule has 0 aromatic heterocycles. The van der Waals surface area contributed by atoms with Gasteiger partial charge in [-0.05, 0) is 18.5 Å². The Hall–Kier alpha value is -0.900. The Morgan fingerprint density at radius 1 is 1.19 bits per heavy atom. The van der Waals surface area contributed by atoms with Crippen LogP contribution in [0.25, 0.3) is 0 Å². The number of nitrogens with two attached hydrogens (primary N) is 2. The molecule has 0 aliphatic carbocycles. The fourth-order valence-electron chi connectivity index (χ4n) is 1.78. The van der Waals surface area contributed by atoms with E-state index in [0.29, 0.717) is 6.54 Å². The van der Waals surface area contributed by atoms with Gasteiger partial charge in [0, 0.05) is 13.1 Å². The third-order valence-electron chi connectivity index (χ3n) is 2.75. The molecular formula is C13H23N3. The maximum atomic E-state index is 6.24. The van der Waals surface area contributed by atoms with E-state index in [2.05, 4.69) is 24.0 Å². The number of hydrogen-bond donors (Lipinski definition) is 2. The zero-order chi connectivity index (χ0) is 11.8. The lowest BCUT2D eigenvalue weighted by molar-refractivity contribution is 0.204. The average Bonchev–Trinajstić information content (AvgIpc) is 2.35. The lowest BCUT2D eigenvalue weighted by atomic mass is 10.1. The monoisotopic (exact) mass is 221 g/mol. The van der Waals surface area contributed by atoms with Gasteiger partial charge in [0.15, 0.2) is 0 Å². The Labute approximate surface area is 98.4 Å². The lowest BCUT2D eigenvalue weighted by Crippen LogP contribution is -2.38. The largest absolute Gasteiger partial charge is 0.329 e. The highest BCUT2D eigenvalue weighted by Crippen LogP contribution is 2.14. The quantitative estimate of drug-likeness (QED) is 0.689. The second-order valence-corrected chi connectivity index (χ2v) is 4.03. The van der Waals surface area contributed by atoms with Gasteiger partial charge in [0.05, 0.1) is 6.17 Å². The van der Waals surface area contributed by atoms with E-state index in [0.717, 1.165) is 18.7 Å². The molecule has 0 heterocycles. The first kappa shape index (κ1) is 13.2. The van der Waals surface area contributed by atoms with E-state index >= 15 is 0 Å². The van der Waals surface area contributed by atoms with E-state index in [1.54, 1.807) is 0 Å². The van der Waals surface area contributed by atoms with Gasteiger partial charge in [-0.1, -0.05) is 43.7 Å². The van der Waals surface area contributed by atoms with Crippen molar-refractivity contribution in [2.75, 3.05) is 19.6 Å². The van der Waals surface area contributed by atoms with E-state index in [9.17, 15) is 0 Å². The zero-order valence-electron chi connectivity index (χ0n) is 10.1. The summed E-state index contributed by atoms with van der Waals surface area (Å²) in [4.78, 5) is 2.25. The van der Waals surface area contributed by atoms with Gasteiger partial charge in [0.1, 0.15) is 0 Å². The molecule has 4 N–H and O–H groups in total. The van der Waals surface area contributed by atoms with E-state index in [1.165, 1.54) is 12.8 Å². The number of hydrogen-bond acceptors (Lipinski definition) is 3. The molecule has 0 aliphatic rings. The topological polar surface area (TPSA) is 55.3 Å². The molecule has 0 aliphatic heterocycles. The van der Waals surface area contributed by atoms with Gasteiger partial charge in [-0.2, -0.15) is 0 Å². The molecule has 0 amide bonds. The molecule has 3 nitrogen and oxygen atoms in total. The van der Waals surface area contributed by atoms with Crippen LogP contribution in [0.3, 0.4) is 0 Å². The Bertz CT molecular complexity index is 274. The molecule has 0 radical (unpaired) electrons. The minimum Gasteiger partial charge on any atom is -0.329 e. The number of nitrogens with zero attached hydrogens (tertiary/aromatic N) is 1. The Morgan fingerprint density at radius 2 is 1.88 bits per heavy atom. The summed E-state index contributed by atoms with van der Waals surface area (Å²) in [7, 11) is 0. The summed E-state index contributed by atoms with van der Waals surface area (Å²) < 4.78 is 0.